The van der Waals surface area contributed by atoms with Gasteiger partial charge >= 0.3 is 0 Å². The van der Waals surface area contributed by atoms with E-state index in [1.54, 1.807) is 25.2 Å². The van der Waals surface area contributed by atoms with Crippen LogP contribution in [-0.4, -0.2) is 55.2 Å². The molecule has 0 atom stereocenters. The number of phenolic OH excluding ortho intramolecular Hbond substituents is 1. The van der Waals surface area contributed by atoms with Gasteiger partial charge in [-0.05, 0) is 12.1 Å². The van der Waals surface area contributed by atoms with E-state index in [0.29, 0.717) is 19.8 Å². The Morgan fingerprint density at radius 2 is 2.16 bits per heavy atom. The van der Waals surface area contributed by atoms with E-state index in [1.807, 2.05) is 0 Å². The molecular weight excluding hydrogens is 314 g/mol. The van der Waals surface area contributed by atoms with E-state index < -0.39 is 0 Å². The zero-order valence-electron chi connectivity index (χ0n) is 11.1. The smallest absolute Gasteiger partial charge is 0.257 e. The predicted molar refractivity (Wildman–Crippen MR) is 76.2 cm³/mol. The lowest BCUT2D eigenvalue weighted by atomic mass is 10.1. The minimum absolute atomic E-state index is 0.136. The Morgan fingerprint density at radius 1 is 1.42 bits per heavy atom. The maximum absolute atomic E-state index is 12.1. The number of alkyl halides is 1. The molecule has 1 N–H and O–H groups in total. The molecule has 0 fully saturated rings. The Hall–Kier alpha value is -1.27. The number of benzene rings is 1. The van der Waals surface area contributed by atoms with Gasteiger partial charge in [-0.2, -0.15) is 0 Å². The molecule has 0 aliphatic rings. The number of rotatable bonds is 7. The molecule has 106 valence electrons. The fourth-order valence-electron chi connectivity index (χ4n) is 1.52. The lowest BCUT2D eigenvalue weighted by Gasteiger charge is -2.18. The molecule has 1 aromatic rings. The summed E-state index contributed by atoms with van der Waals surface area (Å²) < 4.78 is 10.3. The van der Waals surface area contributed by atoms with Gasteiger partial charge in [0.1, 0.15) is 0 Å². The van der Waals surface area contributed by atoms with Gasteiger partial charge in [0.15, 0.2) is 11.5 Å². The lowest BCUT2D eigenvalue weighted by Crippen LogP contribution is -2.30. The molecule has 1 aromatic carbocycles. The van der Waals surface area contributed by atoms with Crippen molar-refractivity contribution in [3.63, 3.8) is 0 Å². The summed E-state index contributed by atoms with van der Waals surface area (Å²) in [4.78, 5) is 13.6. The quantitative estimate of drug-likeness (QED) is 0.612. The molecule has 0 aliphatic carbocycles. The Kier molecular flexibility index (Phi) is 6.66. The third-order valence-electron chi connectivity index (χ3n) is 2.59. The summed E-state index contributed by atoms with van der Waals surface area (Å²) in [6.07, 6.45) is 0. The fraction of sp³-hybridized carbons (Fsp3) is 0.462. The van der Waals surface area contributed by atoms with E-state index in [2.05, 4.69) is 15.9 Å². The molecule has 19 heavy (non-hydrogen) atoms. The second kappa shape index (κ2) is 8.01. The second-order valence-corrected chi connectivity index (χ2v) is 4.68. The van der Waals surface area contributed by atoms with Crippen LogP contribution in [0.5, 0.6) is 11.5 Å². The summed E-state index contributed by atoms with van der Waals surface area (Å²) in [5.41, 5.74) is 0.224. The first kappa shape index (κ1) is 15.8. The Labute approximate surface area is 121 Å². The van der Waals surface area contributed by atoms with Crippen molar-refractivity contribution >= 4 is 21.8 Å². The van der Waals surface area contributed by atoms with Crippen LogP contribution < -0.4 is 4.74 Å². The average molecular weight is 332 g/mol. The van der Waals surface area contributed by atoms with Gasteiger partial charge in [0.2, 0.25) is 0 Å². The van der Waals surface area contributed by atoms with Gasteiger partial charge < -0.3 is 19.5 Å². The number of hydrogen-bond acceptors (Lipinski definition) is 4. The first-order valence-corrected chi connectivity index (χ1v) is 6.99. The molecule has 0 radical (unpaired) electrons. The van der Waals surface area contributed by atoms with E-state index in [1.165, 1.54) is 12.0 Å². The topological polar surface area (TPSA) is 59.0 Å². The van der Waals surface area contributed by atoms with Crippen LogP contribution in [0.25, 0.3) is 0 Å². The van der Waals surface area contributed by atoms with E-state index >= 15 is 0 Å². The van der Waals surface area contributed by atoms with E-state index in [-0.39, 0.29) is 23.0 Å². The monoisotopic (exact) mass is 331 g/mol. The standard InChI is InChI=1S/C13H18BrNO4/c1-15(7-9-19-8-6-14)13(17)10-4-3-5-11(18-2)12(10)16/h3-5,16H,6-9H2,1-2H3. The highest BCUT2D eigenvalue weighted by Gasteiger charge is 2.18. The van der Waals surface area contributed by atoms with Crippen LogP contribution in [0, 0.1) is 0 Å². The molecule has 6 heteroatoms. The molecule has 0 saturated carbocycles. The van der Waals surface area contributed by atoms with Crippen LogP contribution in [0.15, 0.2) is 18.2 Å². The number of halogens is 1. The van der Waals surface area contributed by atoms with Crippen molar-refractivity contribution in [3.8, 4) is 11.5 Å². The van der Waals surface area contributed by atoms with Crippen molar-refractivity contribution in [2.45, 2.75) is 0 Å². The molecule has 0 bridgehead atoms. The van der Waals surface area contributed by atoms with Crippen LogP contribution in [0.3, 0.4) is 0 Å². The van der Waals surface area contributed by atoms with Gasteiger partial charge in [0.05, 0.1) is 25.9 Å². The summed E-state index contributed by atoms with van der Waals surface area (Å²) in [6.45, 7) is 1.52. The summed E-state index contributed by atoms with van der Waals surface area (Å²) >= 11 is 3.26. The first-order valence-electron chi connectivity index (χ1n) is 5.87. The molecule has 0 heterocycles. The first-order chi connectivity index (χ1) is 9.11. The molecule has 1 rings (SSSR count). The minimum Gasteiger partial charge on any atom is -0.504 e. The van der Waals surface area contributed by atoms with Gasteiger partial charge in [0, 0.05) is 18.9 Å². The number of aromatic hydroxyl groups is 1. The van der Waals surface area contributed by atoms with E-state index in [4.69, 9.17) is 9.47 Å². The average Bonchev–Trinajstić information content (AvgIpc) is 2.43. The van der Waals surface area contributed by atoms with E-state index in [9.17, 15) is 9.90 Å². The largest absolute Gasteiger partial charge is 0.504 e. The summed E-state index contributed by atoms with van der Waals surface area (Å²) in [6, 6.07) is 4.84. The van der Waals surface area contributed by atoms with Crippen molar-refractivity contribution in [3.05, 3.63) is 23.8 Å². The predicted octanol–water partition coefficient (Wildman–Crippen LogP) is 1.88. The number of carbonyl (C=O) groups is 1. The third kappa shape index (κ3) is 4.40. The number of nitrogens with zero attached hydrogens (tertiary/aromatic N) is 1. The number of hydrogen-bond donors (Lipinski definition) is 1. The molecule has 0 spiro atoms. The minimum atomic E-state index is -0.265. The zero-order valence-corrected chi connectivity index (χ0v) is 12.6. The SMILES string of the molecule is COc1cccc(C(=O)N(C)CCOCCBr)c1O. The van der Waals surface area contributed by atoms with Crippen molar-refractivity contribution in [2.24, 2.45) is 0 Å². The summed E-state index contributed by atoms with van der Waals surface area (Å²) in [7, 11) is 3.11. The van der Waals surface area contributed by atoms with Crippen LogP contribution >= 0.6 is 15.9 Å². The van der Waals surface area contributed by atoms with Crippen LogP contribution in [0.4, 0.5) is 0 Å². The van der Waals surface area contributed by atoms with Crippen molar-refractivity contribution < 1.29 is 19.4 Å². The van der Waals surface area contributed by atoms with Crippen LogP contribution in [-0.2, 0) is 4.74 Å². The number of para-hydroxylation sites is 1. The van der Waals surface area contributed by atoms with Crippen molar-refractivity contribution in [2.75, 3.05) is 39.2 Å². The molecular formula is C13H18BrNO4. The second-order valence-electron chi connectivity index (χ2n) is 3.88. The molecule has 0 saturated heterocycles. The number of likely N-dealkylation sites (N-methyl/N-ethyl adjacent to an activating group) is 1. The van der Waals surface area contributed by atoms with Crippen molar-refractivity contribution in [1.82, 2.24) is 4.90 Å². The summed E-state index contributed by atoms with van der Waals surface area (Å²) in [5, 5.41) is 10.7. The van der Waals surface area contributed by atoms with Gasteiger partial charge in [-0.15, -0.1) is 0 Å². The van der Waals surface area contributed by atoms with Gasteiger partial charge in [0.25, 0.3) is 5.91 Å². The highest BCUT2D eigenvalue weighted by molar-refractivity contribution is 9.09. The van der Waals surface area contributed by atoms with Crippen molar-refractivity contribution in [1.29, 1.82) is 0 Å². The molecule has 0 unspecified atom stereocenters. The van der Waals surface area contributed by atoms with Crippen LogP contribution in [0.1, 0.15) is 10.4 Å². The Bertz CT molecular complexity index is 425. The third-order valence-corrected chi connectivity index (χ3v) is 2.91. The maximum Gasteiger partial charge on any atom is 0.257 e. The fourth-order valence-corrected chi connectivity index (χ4v) is 1.75. The number of phenols is 1. The van der Waals surface area contributed by atoms with Gasteiger partial charge in [-0.1, -0.05) is 22.0 Å². The molecule has 0 aliphatic heterocycles. The Morgan fingerprint density at radius 3 is 2.79 bits per heavy atom. The van der Waals surface area contributed by atoms with Gasteiger partial charge in [-0.3, -0.25) is 4.79 Å². The summed E-state index contributed by atoms with van der Waals surface area (Å²) in [5.74, 6) is -0.114. The number of carbonyl (C=O) groups excluding carboxylic acids is 1. The molecule has 1 amide bonds. The number of amides is 1. The number of ether oxygens (including phenoxy) is 2. The molecule has 0 aromatic heterocycles. The Balaban J connectivity index is 2.66. The zero-order chi connectivity index (χ0) is 14.3. The van der Waals surface area contributed by atoms with Gasteiger partial charge in [-0.25, -0.2) is 0 Å². The number of methoxy groups -OCH3 is 1. The van der Waals surface area contributed by atoms with Crippen LogP contribution in [0.2, 0.25) is 0 Å². The normalized spacial score (nSPS) is 10.3. The highest BCUT2D eigenvalue weighted by Crippen LogP contribution is 2.29. The highest BCUT2D eigenvalue weighted by atomic mass is 79.9. The maximum atomic E-state index is 12.1. The lowest BCUT2D eigenvalue weighted by molar-refractivity contribution is 0.0709. The molecule has 5 nitrogen and oxygen atoms in total. The van der Waals surface area contributed by atoms with E-state index in [0.717, 1.165) is 5.33 Å².